The third-order valence-corrected chi connectivity index (χ3v) is 5.91. The number of methoxy groups -OCH3 is 1. The molecule has 1 aliphatic rings. The molecular formula is C28H36N4O4. The Kier molecular flexibility index (Phi) is 8.85. The minimum atomic E-state index is -0.379. The van der Waals surface area contributed by atoms with Gasteiger partial charge in [0.1, 0.15) is 5.75 Å². The maximum absolute atomic E-state index is 13.3. The van der Waals surface area contributed by atoms with E-state index < -0.39 is 0 Å². The molecule has 2 aromatic rings. The Bertz CT molecular complexity index is 1090. The second kappa shape index (κ2) is 11.8. The summed E-state index contributed by atoms with van der Waals surface area (Å²) in [6.45, 7) is 7.85. The van der Waals surface area contributed by atoms with Crippen molar-refractivity contribution in [1.29, 1.82) is 0 Å². The van der Waals surface area contributed by atoms with Crippen LogP contribution in [-0.4, -0.2) is 59.1 Å². The van der Waals surface area contributed by atoms with E-state index >= 15 is 0 Å². The maximum Gasteiger partial charge on any atom is 0.243 e. The van der Waals surface area contributed by atoms with Crippen LogP contribution in [0.2, 0.25) is 0 Å². The smallest absolute Gasteiger partial charge is 0.243 e. The van der Waals surface area contributed by atoms with Gasteiger partial charge in [-0.1, -0.05) is 42.5 Å². The van der Waals surface area contributed by atoms with Crippen LogP contribution in [0.25, 0.3) is 0 Å². The number of carbonyl (C=O) groups excluding carboxylic acids is 3. The molecule has 0 aromatic heterocycles. The summed E-state index contributed by atoms with van der Waals surface area (Å²) >= 11 is 0. The van der Waals surface area contributed by atoms with E-state index in [9.17, 15) is 14.4 Å². The lowest BCUT2D eigenvalue weighted by Gasteiger charge is -2.25. The number of likely N-dealkylation sites (N-methyl/N-ethyl adjacent to an activating group) is 1. The molecule has 3 amide bonds. The SMILES string of the molecule is CCN(CC(=O)NC(C)(C)C)C(=O)CCC(=O)N1N=C(c2ccccc2)CC1c1ccc(OC)cc1. The zero-order valence-corrected chi connectivity index (χ0v) is 21.8. The lowest BCUT2D eigenvalue weighted by molar-refractivity contribution is -0.139. The minimum Gasteiger partial charge on any atom is -0.497 e. The first-order valence-corrected chi connectivity index (χ1v) is 12.3. The second-order valence-electron chi connectivity index (χ2n) is 9.85. The van der Waals surface area contributed by atoms with Crippen molar-refractivity contribution in [3.8, 4) is 5.75 Å². The molecule has 0 bridgehead atoms. The highest BCUT2D eigenvalue weighted by molar-refractivity contribution is 6.03. The molecule has 0 radical (unpaired) electrons. The van der Waals surface area contributed by atoms with Gasteiger partial charge in [-0.05, 0) is 51.0 Å². The lowest BCUT2D eigenvalue weighted by atomic mass is 9.98. The quantitative estimate of drug-likeness (QED) is 0.575. The van der Waals surface area contributed by atoms with Crippen LogP contribution in [0.3, 0.4) is 0 Å². The molecule has 192 valence electrons. The summed E-state index contributed by atoms with van der Waals surface area (Å²) in [5.41, 5.74) is 2.35. The van der Waals surface area contributed by atoms with Crippen LogP contribution in [0.5, 0.6) is 5.75 Å². The fourth-order valence-electron chi connectivity index (χ4n) is 4.12. The molecule has 1 unspecified atom stereocenters. The number of nitrogens with one attached hydrogen (secondary N) is 1. The van der Waals surface area contributed by atoms with Crippen LogP contribution in [-0.2, 0) is 14.4 Å². The number of hydrazone groups is 1. The largest absolute Gasteiger partial charge is 0.497 e. The van der Waals surface area contributed by atoms with Crippen molar-refractivity contribution >= 4 is 23.4 Å². The van der Waals surface area contributed by atoms with Gasteiger partial charge < -0.3 is 15.0 Å². The average molecular weight is 493 g/mol. The van der Waals surface area contributed by atoms with E-state index in [0.29, 0.717) is 13.0 Å². The molecule has 8 nitrogen and oxygen atoms in total. The number of carbonyl (C=O) groups is 3. The van der Waals surface area contributed by atoms with Crippen LogP contribution < -0.4 is 10.1 Å². The number of hydrogen-bond acceptors (Lipinski definition) is 5. The molecular weight excluding hydrogens is 456 g/mol. The maximum atomic E-state index is 13.3. The predicted molar refractivity (Wildman–Crippen MR) is 140 cm³/mol. The standard InChI is InChI=1S/C28H36N4O4/c1-6-31(19-25(33)29-28(2,3)4)26(34)16-17-27(35)32-24(21-12-14-22(36-5)15-13-21)18-23(30-32)20-10-8-7-9-11-20/h7-15,24H,6,16-19H2,1-5H3,(H,29,33). The molecule has 0 spiro atoms. The van der Waals surface area contributed by atoms with Crippen LogP contribution >= 0.6 is 0 Å². The van der Waals surface area contributed by atoms with E-state index in [1.54, 1.807) is 7.11 Å². The van der Waals surface area contributed by atoms with Crippen molar-refractivity contribution in [3.63, 3.8) is 0 Å². The van der Waals surface area contributed by atoms with E-state index in [2.05, 4.69) is 10.4 Å². The number of hydrogen-bond donors (Lipinski definition) is 1. The molecule has 36 heavy (non-hydrogen) atoms. The van der Waals surface area contributed by atoms with E-state index in [4.69, 9.17) is 4.74 Å². The van der Waals surface area contributed by atoms with Crippen molar-refractivity contribution in [2.75, 3.05) is 20.2 Å². The molecule has 0 saturated carbocycles. The van der Waals surface area contributed by atoms with E-state index in [0.717, 1.165) is 22.6 Å². The van der Waals surface area contributed by atoms with Gasteiger partial charge >= 0.3 is 0 Å². The van der Waals surface area contributed by atoms with Crippen LogP contribution in [0.4, 0.5) is 0 Å². The molecule has 3 rings (SSSR count). The summed E-state index contributed by atoms with van der Waals surface area (Å²) < 4.78 is 5.27. The molecule has 1 N–H and O–H groups in total. The van der Waals surface area contributed by atoms with Crippen molar-refractivity contribution in [2.24, 2.45) is 5.10 Å². The Morgan fingerprint density at radius 1 is 1.06 bits per heavy atom. The highest BCUT2D eigenvalue weighted by atomic mass is 16.5. The third-order valence-electron chi connectivity index (χ3n) is 5.91. The van der Waals surface area contributed by atoms with Gasteiger partial charge in [0, 0.05) is 31.3 Å². The highest BCUT2D eigenvalue weighted by Gasteiger charge is 2.33. The molecule has 8 heteroatoms. The van der Waals surface area contributed by atoms with E-state index in [1.165, 1.54) is 9.91 Å². The summed E-state index contributed by atoms with van der Waals surface area (Å²) in [6, 6.07) is 17.1. The average Bonchev–Trinajstić information content (AvgIpc) is 3.31. The molecule has 0 aliphatic carbocycles. The zero-order chi connectivity index (χ0) is 26.3. The van der Waals surface area contributed by atoms with Gasteiger partial charge in [0.2, 0.25) is 17.7 Å². The van der Waals surface area contributed by atoms with Gasteiger partial charge in [-0.3, -0.25) is 14.4 Å². The Hall–Kier alpha value is -3.68. The first-order valence-electron chi connectivity index (χ1n) is 12.3. The summed E-state index contributed by atoms with van der Waals surface area (Å²) in [4.78, 5) is 39.9. The fraction of sp³-hybridized carbons (Fsp3) is 0.429. The number of ether oxygens (including phenoxy) is 1. The normalized spacial score (nSPS) is 15.3. The number of amides is 3. The number of nitrogens with zero attached hydrogens (tertiary/aromatic N) is 3. The molecule has 0 saturated heterocycles. The Morgan fingerprint density at radius 2 is 1.72 bits per heavy atom. The Labute approximate surface area is 213 Å². The van der Waals surface area contributed by atoms with Gasteiger partial charge in [-0.25, -0.2) is 5.01 Å². The summed E-state index contributed by atoms with van der Waals surface area (Å²) in [5, 5.41) is 9.04. The Balaban J connectivity index is 1.71. The second-order valence-corrected chi connectivity index (χ2v) is 9.85. The summed E-state index contributed by atoms with van der Waals surface area (Å²) in [5.74, 6) is 0.0486. The highest BCUT2D eigenvalue weighted by Crippen LogP contribution is 2.34. The minimum absolute atomic E-state index is 0.00838. The first-order chi connectivity index (χ1) is 17.1. The summed E-state index contributed by atoms with van der Waals surface area (Å²) in [6.07, 6.45) is 0.593. The van der Waals surface area contributed by atoms with Gasteiger partial charge in [-0.2, -0.15) is 5.10 Å². The monoisotopic (exact) mass is 492 g/mol. The molecule has 1 aliphatic heterocycles. The van der Waals surface area contributed by atoms with Gasteiger partial charge in [0.15, 0.2) is 0 Å². The molecule has 1 heterocycles. The van der Waals surface area contributed by atoms with Crippen LogP contribution in [0.1, 0.15) is 64.1 Å². The van der Waals surface area contributed by atoms with Crippen molar-refractivity contribution < 1.29 is 19.1 Å². The topological polar surface area (TPSA) is 91.3 Å². The fourth-order valence-corrected chi connectivity index (χ4v) is 4.12. The van der Waals surface area contributed by atoms with Crippen molar-refractivity contribution in [1.82, 2.24) is 15.2 Å². The summed E-state index contributed by atoms with van der Waals surface area (Å²) in [7, 11) is 1.61. The lowest BCUT2D eigenvalue weighted by Crippen LogP contribution is -2.47. The molecule has 1 atom stereocenters. The number of rotatable bonds is 9. The molecule has 2 aromatic carbocycles. The first kappa shape index (κ1) is 26.9. The zero-order valence-electron chi connectivity index (χ0n) is 21.8. The Morgan fingerprint density at radius 3 is 2.31 bits per heavy atom. The van der Waals surface area contributed by atoms with Crippen molar-refractivity contribution in [2.45, 2.75) is 58.5 Å². The van der Waals surface area contributed by atoms with Gasteiger partial charge in [-0.15, -0.1) is 0 Å². The van der Waals surface area contributed by atoms with Gasteiger partial charge in [0.05, 0.1) is 25.4 Å². The number of benzene rings is 2. The predicted octanol–water partition coefficient (Wildman–Crippen LogP) is 3.92. The van der Waals surface area contributed by atoms with Gasteiger partial charge in [0.25, 0.3) is 0 Å². The van der Waals surface area contributed by atoms with E-state index in [-0.39, 0.29) is 48.7 Å². The third kappa shape index (κ3) is 7.16. The van der Waals surface area contributed by atoms with Crippen molar-refractivity contribution in [3.05, 3.63) is 65.7 Å². The van der Waals surface area contributed by atoms with E-state index in [1.807, 2.05) is 82.3 Å². The molecule has 0 fully saturated rings. The van der Waals surface area contributed by atoms with Crippen LogP contribution in [0.15, 0.2) is 59.7 Å². The van der Waals surface area contributed by atoms with Crippen LogP contribution in [0, 0.1) is 0 Å².